The second kappa shape index (κ2) is 4.88. The molecule has 0 unspecified atom stereocenters. The number of rotatable bonds is 3. The number of nitrogen functional groups attached to an aromatic ring is 1. The fraction of sp³-hybridized carbons (Fsp3) is 0.0909. The number of fused-ring (bicyclic) bond motifs is 1. The Morgan fingerprint density at radius 2 is 2.16 bits per heavy atom. The maximum Gasteiger partial charge on any atom is 0.215 e. The highest BCUT2D eigenvalue weighted by Gasteiger charge is 2.07. The second-order valence-electron chi connectivity index (χ2n) is 3.89. The standard InChI is InChI=1S/C11H9Cl2N5S/c12-7-2-1-6(3-8(7)13)4-15-10-17-18-9(14)5-16-11(18)19-10/h1-3,5H,4,14H2,(H,15,17). The third kappa shape index (κ3) is 2.47. The van der Waals surface area contributed by atoms with Crippen molar-refractivity contribution in [2.24, 2.45) is 0 Å². The number of hydrogen-bond acceptors (Lipinski definition) is 5. The number of imidazole rings is 1. The molecule has 2 aromatic heterocycles. The molecule has 0 atom stereocenters. The van der Waals surface area contributed by atoms with Crippen LogP contribution in [-0.4, -0.2) is 14.6 Å². The molecule has 0 aliphatic rings. The van der Waals surface area contributed by atoms with Crippen LogP contribution in [0.4, 0.5) is 10.9 Å². The van der Waals surface area contributed by atoms with Gasteiger partial charge < -0.3 is 11.1 Å². The zero-order valence-electron chi connectivity index (χ0n) is 9.60. The highest BCUT2D eigenvalue weighted by Crippen LogP contribution is 2.24. The molecule has 19 heavy (non-hydrogen) atoms. The van der Waals surface area contributed by atoms with Crippen molar-refractivity contribution in [2.75, 3.05) is 11.1 Å². The summed E-state index contributed by atoms with van der Waals surface area (Å²) in [6.45, 7) is 0.605. The SMILES string of the molecule is Nc1cnc2sc(NCc3ccc(Cl)c(Cl)c3)nn12. The monoisotopic (exact) mass is 313 g/mol. The third-order valence-electron chi connectivity index (χ3n) is 2.54. The van der Waals surface area contributed by atoms with Crippen LogP contribution in [0.15, 0.2) is 24.4 Å². The average molecular weight is 314 g/mol. The normalized spacial score (nSPS) is 11.1. The Hall–Kier alpha value is -1.50. The summed E-state index contributed by atoms with van der Waals surface area (Å²) in [5.41, 5.74) is 6.74. The summed E-state index contributed by atoms with van der Waals surface area (Å²) in [4.78, 5) is 4.89. The van der Waals surface area contributed by atoms with Gasteiger partial charge in [0.15, 0.2) is 0 Å². The first-order valence-electron chi connectivity index (χ1n) is 5.41. The van der Waals surface area contributed by atoms with Gasteiger partial charge in [0.25, 0.3) is 0 Å². The summed E-state index contributed by atoms with van der Waals surface area (Å²) in [6, 6.07) is 5.51. The van der Waals surface area contributed by atoms with Gasteiger partial charge in [-0.2, -0.15) is 4.52 Å². The molecule has 0 saturated carbocycles. The molecule has 98 valence electrons. The summed E-state index contributed by atoms with van der Waals surface area (Å²) in [5.74, 6) is 0.522. The van der Waals surface area contributed by atoms with E-state index in [1.165, 1.54) is 11.3 Å². The molecule has 0 radical (unpaired) electrons. The summed E-state index contributed by atoms with van der Waals surface area (Å²) in [7, 11) is 0. The van der Waals surface area contributed by atoms with E-state index in [1.807, 2.05) is 12.1 Å². The number of nitrogens with one attached hydrogen (secondary N) is 1. The Labute approximate surface area is 123 Å². The van der Waals surface area contributed by atoms with Crippen molar-refractivity contribution in [3.8, 4) is 0 Å². The molecule has 0 aliphatic carbocycles. The molecule has 5 nitrogen and oxygen atoms in total. The van der Waals surface area contributed by atoms with Crippen LogP contribution < -0.4 is 11.1 Å². The second-order valence-corrected chi connectivity index (χ2v) is 5.66. The molecule has 0 amide bonds. The number of halogens is 2. The fourth-order valence-corrected chi connectivity index (χ4v) is 2.71. The number of anilines is 2. The van der Waals surface area contributed by atoms with E-state index in [2.05, 4.69) is 15.4 Å². The summed E-state index contributed by atoms with van der Waals surface area (Å²) < 4.78 is 1.60. The number of aromatic nitrogens is 3. The van der Waals surface area contributed by atoms with Gasteiger partial charge in [-0.15, -0.1) is 5.10 Å². The van der Waals surface area contributed by atoms with Crippen LogP contribution in [0.3, 0.4) is 0 Å². The van der Waals surface area contributed by atoms with Crippen LogP contribution in [0.5, 0.6) is 0 Å². The lowest BCUT2D eigenvalue weighted by Gasteiger charge is -2.03. The van der Waals surface area contributed by atoms with Crippen molar-refractivity contribution < 1.29 is 0 Å². The zero-order valence-corrected chi connectivity index (χ0v) is 11.9. The molecule has 0 bridgehead atoms. The molecule has 0 aliphatic heterocycles. The molecule has 8 heteroatoms. The van der Waals surface area contributed by atoms with Crippen LogP contribution in [0.2, 0.25) is 10.0 Å². The minimum absolute atomic E-state index is 0.522. The van der Waals surface area contributed by atoms with Gasteiger partial charge in [0.1, 0.15) is 5.82 Å². The highest BCUT2D eigenvalue weighted by molar-refractivity contribution is 7.20. The van der Waals surface area contributed by atoms with Crippen LogP contribution in [0.25, 0.3) is 4.96 Å². The largest absolute Gasteiger partial charge is 0.382 e. The molecule has 1 aromatic carbocycles. The first kappa shape index (κ1) is 12.5. The van der Waals surface area contributed by atoms with Gasteiger partial charge in [0.05, 0.1) is 16.2 Å². The number of benzene rings is 1. The average Bonchev–Trinajstić information content (AvgIpc) is 2.94. The van der Waals surface area contributed by atoms with Crippen LogP contribution in [0.1, 0.15) is 5.56 Å². The van der Waals surface area contributed by atoms with Crippen molar-refractivity contribution >= 4 is 50.4 Å². The van der Waals surface area contributed by atoms with E-state index in [-0.39, 0.29) is 0 Å². The van der Waals surface area contributed by atoms with Gasteiger partial charge in [-0.05, 0) is 17.7 Å². The minimum atomic E-state index is 0.522. The summed E-state index contributed by atoms with van der Waals surface area (Å²) in [6.07, 6.45) is 1.58. The summed E-state index contributed by atoms with van der Waals surface area (Å²) >= 11 is 13.3. The van der Waals surface area contributed by atoms with E-state index in [9.17, 15) is 0 Å². The minimum Gasteiger partial charge on any atom is -0.382 e. The van der Waals surface area contributed by atoms with Gasteiger partial charge >= 0.3 is 0 Å². The topological polar surface area (TPSA) is 68.2 Å². The number of nitrogens with zero attached hydrogens (tertiary/aromatic N) is 3. The Kier molecular flexibility index (Phi) is 3.22. The first-order valence-corrected chi connectivity index (χ1v) is 6.98. The molecular weight excluding hydrogens is 305 g/mol. The predicted octanol–water partition coefficient (Wildman–Crippen LogP) is 3.29. The van der Waals surface area contributed by atoms with E-state index in [4.69, 9.17) is 28.9 Å². The van der Waals surface area contributed by atoms with Gasteiger partial charge in [0, 0.05) is 6.54 Å². The molecule has 0 spiro atoms. The predicted molar refractivity (Wildman–Crippen MR) is 79.1 cm³/mol. The molecular formula is C11H9Cl2N5S. The van der Waals surface area contributed by atoms with E-state index in [1.54, 1.807) is 16.8 Å². The first-order chi connectivity index (χ1) is 9.13. The Morgan fingerprint density at radius 3 is 2.89 bits per heavy atom. The summed E-state index contributed by atoms with van der Waals surface area (Å²) in [5, 5.41) is 9.34. The Balaban J connectivity index is 1.76. The number of hydrogen-bond donors (Lipinski definition) is 2. The lowest BCUT2D eigenvalue weighted by atomic mass is 10.2. The maximum absolute atomic E-state index is 5.96. The van der Waals surface area contributed by atoms with Gasteiger partial charge in [0.2, 0.25) is 10.1 Å². The molecule has 3 rings (SSSR count). The zero-order chi connectivity index (χ0) is 13.4. The fourth-order valence-electron chi connectivity index (χ4n) is 1.61. The maximum atomic E-state index is 5.96. The van der Waals surface area contributed by atoms with E-state index < -0.39 is 0 Å². The van der Waals surface area contributed by atoms with Gasteiger partial charge in [-0.1, -0.05) is 40.6 Å². The highest BCUT2D eigenvalue weighted by atomic mass is 35.5. The lowest BCUT2D eigenvalue weighted by molar-refractivity contribution is 0.971. The van der Waals surface area contributed by atoms with Gasteiger partial charge in [-0.25, -0.2) is 4.98 Å². The molecule has 3 N–H and O–H groups in total. The van der Waals surface area contributed by atoms with Crippen molar-refractivity contribution in [3.63, 3.8) is 0 Å². The van der Waals surface area contributed by atoms with E-state index in [0.29, 0.717) is 22.4 Å². The van der Waals surface area contributed by atoms with Crippen molar-refractivity contribution in [2.45, 2.75) is 6.54 Å². The van der Waals surface area contributed by atoms with E-state index in [0.717, 1.165) is 15.7 Å². The van der Waals surface area contributed by atoms with Gasteiger partial charge in [-0.3, -0.25) is 0 Å². The molecule has 0 saturated heterocycles. The van der Waals surface area contributed by atoms with Crippen molar-refractivity contribution in [1.29, 1.82) is 0 Å². The van der Waals surface area contributed by atoms with Crippen molar-refractivity contribution in [1.82, 2.24) is 14.6 Å². The third-order valence-corrected chi connectivity index (χ3v) is 4.16. The smallest absolute Gasteiger partial charge is 0.215 e. The quantitative estimate of drug-likeness (QED) is 0.778. The molecule has 2 heterocycles. The number of nitrogens with two attached hydrogens (primary N) is 1. The molecule has 0 fully saturated rings. The Morgan fingerprint density at radius 1 is 1.32 bits per heavy atom. The van der Waals surface area contributed by atoms with E-state index >= 15 is 0 Å². The molecule has 3 aromatic rings. The van der Waals surface area contributed by atoms with Crippen LogP contribution >= 0.6 is 34.5 Å². The van der Waals surface area contributed by atoms with Crippen molar-refractivity contribution in [3.05, 3.63) is 40.0 Å². The lowest BCUT2D eigenvalue weighted by Crippen LogP contribution is -2.00. The Bertz CT molecular complexity index is 736. The van der Waals surface area contributed by atoms with Crippen LogP contribution in [-0.2, 0) is 6.54 Å². The van der Waals surface area contributed by atoms with Crippen LogP contribution in [0, 0.1) is 0 Å².